The number of nitrogens with one attached hydrogen (secondary N) is 1. The maximum atomic E-state index is 12.8. The van der Waals surface area contributed by atoms with Gasteiger partial charge in [0.25, 0.3) is 0 Å². The highest BCUT2D eigenvalue weighted by atomic mass is 32.2. The van der Waals surface area contributed by atoms with Crippen molar-refractivity contribution in [2.75, 3.05) is 6.54 Å². The summed E-state index contributed by atoms with van der Waals surface area (Å²) in [7, 11) is 0. The average Bonchev–Trinajstić information content (AvgIpc) is 3.07. The van der Waals surface area contributed by atoms with Gasteiger partial charge in [0.05, 0.1) is 12.1 Å². The molecule has 0 atom stereocenters. The molecule has 10 heteroatoms. The summed E-state index contributed by atoms with van der Waals surface area (Å²) in [5, 5.41) is 12.2. The van der Waals surface area contributed by atoms with Gasteiger partial charge in [-0.1, -0.05) is 30.3 Å². The fourth-order valence-corrected chi connectivity index (χ4v) is 3.51. The van der Waals surface area contributed by atoms with E-state index in [1.165, 1.54) is 13.0 Å². The van der Waals surface area contributed by atoms with E-state index in [9.17, 15) is 18.0 Å². The lowest BCUT2D eigenvalue weighted by Crippen LogP contribution is -2.21. The molecule has 0 aliphatic rings. The van der Waals surface area contributed by atoms with Gasteiger partial charge in [0.2, 0.25) is 5.91 Å². The van der Waals surface area contributed by atoms with Crippen LogP contribution in [0, 0.1) is 0 Å². The summed E-state index contributed by atoms with van der Waals surface area (Å²) < 4.78 is 40.2. The lowest BCUT2D eigenvalue weighted by Gasteiger charge is -2.11. The standard InChI is InChI=1S/C20H20F3N5OS/c1-14(29)24-11-5-8-17-26-27-19(28(17)13-15-6-3-2-4-7-15)30-18-10-9-16(12-25-18)20(21,22)23/h2-4,6-7,9-10,12H,5,8,11,13H2,1H3,(H,24,29). The first-order chi connectivity index (χ1) is 14.3. The number of hydrogen-bond acceptors (Lipinski definition) is 5. The van der Waals surface area contributed by atoms with E-state index < -0.39 is 11.7 Å². The topological polar surface area (TPSA) is 72.7 Å². The van der Waals surface area contributed by atoms with Crippen LogP contribution >= 0.6 is 11.8 Å². The zero-order valence-electron chi connectivity index (χ0n) is 16.2. The summed E-state index contributed by atoms with van der Waals surface area (Å²) in [5.41, 5.74) is 0.249. The Labute approximate surface area is 175 Å². The van der Waals surface area contributed by atoms with Crippen LogP contribution in [0.15, 0.2) is 58.8 Å². The molecule has 0 radical (unpaired) electrons. The molecule has 0 spiro atoms. The van der Waals surface area contributed by atoms with E-state index in [0.29, 0.717) is 36.1 Å². The third-order valence-electron chi connectivity index (χ3n) is 4.19. The zero-order valence-corrected chi connectivity index (χ0v) is 17.0. The molecule has 3 aromatic rings. The van der Waals surface area contributed by atoms with Crippen molar-refractivity contribution in [1.82, 2.24) is 25.1 Å². The molecule has 1 amide bonds. The van der Waals surface area contributed by atoms with Crippen LogP contribution in [-0.2, 0) is 23.9 Å². The quantitative estimate of drug-likeness (QED) is 0.543. The summed E-state index contributed by atoms with van der Waals surface area (Å²) in [4.78, 5) is 14.9. The van der Waals surface area contributed by atoms with Crippen LogP contribution in [0.4, 0.5) is 13.2 Å². The van der Waals surface area contributed by atoms with Crippen molar-refractivity contribution < 1.29 is 18.0 Å². The van der Waals surface area contributed by atoms with Gasteiger partial charge in [0.1, 0.15) is 10.9 Å². The van der Waals surface area contributed by atoms with Crippen molar-refractivity contribution in [3.8, 4) is 0 Å². The maximum absolute atomic E-state index is 12.8. The predicted molar refractivity (Wildman–Crippen MR) is 106 cm³/mol. The van der Waals surface area contributed by atoms with Gasteiger partial charge in [-0.05, 0) is 35.9 Å². The van der Waals surface area contributed by atoms with Crippen LogP contribution in [0.1, 0.15) is 30.3 Å². The van der Waals surface area contributed by atoms with Crippen molar-refractivity contribution in [1.29, 1.82) is 0 Å². The first-order valence-electron chi connectivity index (χ1n) is 9.24. The number of hydrogen-bond donors (Lipinski definition) is 1. The molecule has 30 heavy (non-hydrogen) atoms. The van der Waals surface area contributed by atoms with Crippen LogP contribution in [-0.4, -0.2) is 32.2 Å². The van der Waals surface area contributed by atoms with Crippen molar-refractivity contribution in [2.45, 2.75) is 42.7 Å². The number of aryl methyl sites for hydroxylation is 1. The minimum absolute atomic E-state index is 0.0922. The summed E-state index contributed by atoms with van der Waals surface area (Å²) in [6.45, 7) is 2.51. The second-order valence-corrected chi connectivity index (χ2v) is 7.53. The number of pyridine rings is 1. The van der Waals surface area contributed by atoms with E-state index in [4.69, 9.17) is 0 Å². The zero-order chi connectivity index (χ0) is 21.6. The maximum Gasteiger partial charge on any atom is 0.417 e. The molecule has 1 aromatic carbocycles. The molecule has 1 N–H and O–H groups in total. The number of nitrogens with zero attached hydrogens (tertiary/aromatic N) is 4. The van der Waals surface area contributed by atoms with Gasteiger partial charge in [0, 0.05) is 26.1 Å². The summed E-state index contributed by atoms with van der Waals surface area (Å²) in [6, 6.07) is 12.1. The van der Waals surface area contributed by atoms with Gasteiger partial charge in [-0.25, -0.2) is 4.98 Å². The number of halogens is 3. The van der Waals surface area contributed by atoms with Crippen molar-refractivity contribution in [2.24, 2.45) is 0 Å². The van der Waals surface area contributed by atoms with Crippen LogP contribution in [0.5, 0.6) is 0 Å². The number of carbonyl (C=O) groups excluding carboxylic acids is 1. The molecule has 0 saturated carbocycles. The molecule has 0 saturated heterocycles. The van der Waals surface area contributed by atoms with Crippen LogP contribution in [0.2, 0.25) is 0 Å². The van der Waals surface area contributed by atoms with Gasteiger partial charge < -0.3 is 9.88 Å². The molecular weight excluding hydrogens is 415 g/mol. The van der Waals surface area contributed by atoms with E-state index in [0.717, 1.165) is 35.4 Å². The number of alkyl halides is 3. The number of carbonyl (C=O) groups is 1. The molecule has 2 heterocycles. The Bertz CT molecular complexity index is 974. The summed E-state index contributed by atoms with van der Waals surface area (Å²) in [5.74, 6) is 0.643. The molecule has 0 bridgehead atoms. The predicted octanol–water partition coefficient (Wildman–Crippen LogP) is 3.96. The van der Waals surface area contributed by atoms with Gasteiger partial charge in [-0.3, -0.25) is 4.79 Å². The molecule has 0 unspecified atom stereocenters. The smallest absolute Gasteiger partial charge is 0.356 e. The molecule has 3 rings (SSSR count). The summed E-state index contributed by atoms with van der Waals surface area (Å²) >= 11 is 1.16. The third kappa shape index (κ3) is 6.06. The molecule has 0 fully saturated rings. The number of amides is 1. The largest absolute Gasteiger partial charge is 0.417 e. The first kappa shape index (κ1) is 21.8. The Morgan fingerprint density at radius 1 is 1.13 bits per heavy atom. The monoisotopic (exact) mass is 435 g/mol. The van der Waals surface area contributed by atoms with Gasteiger partial charge >= 0.3 is 6.18 Å². The molecular formula is C20H20F3N5OS. The Kier molecular flexibility index (Phi) is 7.09. The number of benzene rings is 1. The highest BCUT2D eigenvalue weighted by Crippen LogP contribution is 2.31. The Morgan fingerprint density at radius 3 is 2.53 bits per heavy atom. The minimum atomic E-state index is -4.43. The van der Waals surface area contributed by atoms with Crippen LogP contribution in [0.3, 0.4) is 0 Å². The minimum Gasteiger partial charge on any atom is -0.356 e. The van der Waals surface area contributed by atoms with Crippen molar-refractivity contribution >= 4 is 17.7 Å². The van der Waals surface area contributed by atoms with Gasteiger partial charge in [0.15, 0.2) is 5.16 Å². The van der Waals surface area contributed by atoms with Crippen LogP contribution in [0.25, 0.3) is 0 Å². The Morgan fingerprint density at radius 2 is 1.90 bits per heavy atom. The van der Waals surface area contributed by atoms with Gasteiger partial charge in [-0.2, -0.15) is 13.2 Å². The second-order valence-electron chi connectivity index (χ2n) is 6.54. The van der Waals surface area contributed by atoms with E-state index in [1.54, 1.807) is 0 Å². The fourth-order valence-electron chi connectivity index (χ4n) is 2.72. The summed E-state index contributed by atoms with van der Waals surface area (Å²) in [6.07, 6.45) is -2.32. The van der Waals surface area contributed by atoms with E-state index >= 15 is 0 Å². The first-order valence-corrected chi connectivity index (χ1v) is 10.1. The number of rotatable bonds is 8. The molecule has 158 valence electrons. The fraction of sp³-hybridized carbons (Fsp3) is 0.300. The Hall–Kier alpha value is -2.88. The molecule has 0 aliphatic carbocycles. The van der Waals surface area contributed by atoms with Crippen molar-refractivity contribution in [3.05, 3.63) is 65.6 Å². The normalized spacial score (nSPS) is 11.5. The van der Waals surface area contributed by atoms with E-state index in [-0.39, 0.29) is 5.91 Å². The highest BCUT2D eigenvalue weighted by Gasteiger charge is 2.30. The lowest BCUT2D eigenvalue weighted by atomic mass is 10.2. The molecule has 6 nitrogen and oxygen atoms in total. The van der Waals surface area contributed by atoms with E-state index in [2.05, 4.69) is 20.5 Å². The SMILES string of the molecule is CC(=O)NCCCc1nnc(Sc2ccc(C(F)(F)F)cn2)n1Cc1ccccc1. The van der Waals surface area contributed by atoms with Crippen molar-refractivity contribution in [3.63, 3.8) is 0 Å². The highest BCUT2D eigenvalue weighted by molar-refractivity contribution is 7.99. The molecule has 2 aromatic heterocycles. The third-order valence-corrected chi connectivity index (χ3v) is 5.12. The average molecular weight is 435 g/mol. The lowest BCUT2D eigenvalue weighted by molar-refractivity contribution is -0.137. The molecule has 0 aliphatic heterocycles. The number of aromatic nitrogens is 4. The van der Waals surface area contributed by atoms with Crippen LogP contribution < -0.4 is 5.32 Å². The Balaban J connectivity index is 1.79. The second kappa shape index (κ2) is 9.75. The van der Waals surface area contributed by atoms with Gasteiger partial charge in [-0.15, -0.1) is 10.2 Å². The van der Waals surface area contributed by atoms with E-state index in [1.807, 2.05) is 34.9 Å².